The second-order valence-electron chi connectivity index (χ2n) is 28.3. The first-order valence-corrected chi connectivity index (χ1v) is 40.7. The van der Waals surface area contributed by atoms with Crippen molar-refractivity contribution in [1.29, 1.82) is 0 Å². The van der Waals surface area contributed by atoms with E-state index in [1.807, 2.05) is 21.1 Å². The van der Waals surface area contributed by atoms with E-state index >= 15 is 0 Å². The van der Waals surface area contributed by atoms with Gasteiger partial charge in [0.25, 0.3) is 0 Å². The van der Waals surface area contributed by atoms with Gasteiger partial charge in [0.05, 0.1) is 40.3 Å². The van der Waals surface area contributed by atoms with Crippen molar-refractivity contribution in [3.63, 3.8) is 0 Å². The van der Waals surface area contributed by atoms with Gasteiger partial charge in [0.15, 0.2) is 12.4 Å². The van der Waals surface area contributed by atoms with E-state index in [1.54, 1.807) is 0 Å². The Morgan fingerprint density at radius 2 is 0.588 bits per heavy atom. The summed E-state index contributed by atoms with van der Waals surface area (Å²) in [6.07, 6.45) is 107. The minimum atomic E-state index is -1.63. The predicted molar refractivity (Wildman–Crippen MR) is 417 cm³/mol. The number of allylic oxidation sites excluding steroid dienone is 20. The monoisotopic (exact) mass is 1350 g/mol. The second-order valence-corrected chi connectivity index (χ2v) is 28.3. The van der Waals surface area contributed by atoms with Gasteiger partial charge in [-0.1, -0.05) is 360 Å². The minimum Gasteiger partial charge on any atom is -0.545 e. The topological polar surface area (TPSA) is 111 Å². The molecule has 0 aromatic rings. The molecule has 0 aromatic carbocycles. The molecule has 0 saturated heterocycles. The molecule has 0 radical (unpaired) electrons. The van der Waals surface area contributed by atoms with Crippen LogP contribution in [0.2, 0.25) is 0 Å². The number of esters is 2. The molecule has 0 heterocycles. The zero-order chi connectivity index (χ0) is 70.4. The number of ether oxygens (including phenoxy) is 4. The van der Waals surface area contributed by atoms with Crippen molar-refractivity contribution in [2.75, 3.05) is 47.5 Å². The molecule has 0 saturated carbocycles. The first-order valence-electron chi connectivity index (χ1n) is 40.7. The van der Waals surface area contributed by atoms with Crippen LogP contribution in [0, 0.1) is 0 Å². The summed E-state index contributed by atoms with van der Waals surface area (Å²) in [5.41, 5.74) is 0. The zero-order valence-electron chi connectivity index (χ0n) is 63.9. The summed E-state index contributed by atoms with van der Waals surface area (Å²) in [4.78, 5) is 37.6. The van der Waals surface area contributed by atoms with E-state index in [4.69, 9.17) is 18.9 Å². The number of likely N-dealkylation sites (N-methyl/N-ethyl adjacent to an activating group) is 1. The van der Waals surface area contributed by atoms with Crippen molar-refractivity contribution >= 4 is 17.9 Å². The highest BCUT2D eigenvalue weighted by molar-refractivity contribution is 5.70. The maximum Gasteiger partial charge on any atom is 0.306 e. The molecule has 2 atom stereocenters. The highest BCUT2D eigenvalue weighted by Gasteiger charge is 2.22. The normalized spacial score (nSPS) is 13.3. The van der Waals surface area contributed by atoms with E-state index < -0.39 is 24.3 Å². The van der Waals surface area contributed by atoms with Crippen molar-refractivity contribution in [2.24, 2.45) is 0 Å². The minimum absolute atomic E-state index is 0.144. The molecule has 9 heteroatoms. The van der Waals surface area contributed by atoms with Crippen molar-refractivity contribution in [3.05, 3.63) is 122 Å². The maximum absolute atomic E-state index is 13.0. The van der Waals surface area contributed by atoms with Crippen LogP contribution in [-0.4, -0.2) is 82.3 Å². The van der Waals surface area contributed by atoms with Gasteiger partial charge in [0.1, 0.15) is 13.2 Å². The number of rotatable bonds is 75. The lowest BCUT2D eigenvalue weighted by atomic mass is 10.0. The van der Waals surface area contributed by atoms with Crippen LogP contribution in [0.5, 0.6) is 0 Å². The summed E-state index contributed by atoms with van der Waals surface area (Å²) in [5, 5.41) is 11.9. The lowest BCUT2D eigenvalue weighted by molar-refractivity contribution is -0.870. The van der Waals surface area contributed by atoms with Crippen LogP contribution in [-0.2, 0) is 33.3 Å². The molecule has 0 amide bonds. The Labute approximate surface area is 599 Å². The van der Waals surface area contributed by atoms with Gasteiger partial charge in [-0.3, -0.25) is 9.59 Å². The molecule has 0 aromatic heterocycles. The largest absolute Gasteiger partial charge is 0.545 e. The number of hydrogen-bond acceptors (Lipinski definition) is 8. The molecule has 0 spiro atoms. The maximum atomic E-state index is 13.0. The summed E-state index contributed by atoms with van der Waals surface area (Å²) in [6, 6.07) is 0. The standard InChI is InChI=1S/C88H153NO8/c1-6-8-10-12-14-16-18-20-22-24-26-28-30-32-34-36-38-40-41-42-43-44-45-47-48-50-52-54-56-58-60-62-64-66-68-70-72-74-76-78-85(90)95-82-84(83-96-88(87(92)93)94-81-80-89(3,4)5)97-86(91)79-77-75-73-71-69-67-65-63-61-59-57-55-53-51-49-46-39-37-35-33-31-29-27-25-23-21-19-17-15-13-11-9-7-2/h9,11,15,17-18,20-21,23-24,26-27,29-30,32-33,35,39,46,51,53,84,88H,6-8,10,12-14,16,19,22,25,28,31,34,36-38,40-45,47-50,52,54-83H2,1-5H3/b11-9-,17-15-,20-18-,23-21-,26-24-,29-27-,32-30-,35-33-,46-39-,53-51-. The first-order chi connectivity index (χ1) is 47.6. The third-order valence-electron chi connectivity index (χ3n) is 17.7. The summed E-state index contributed by atoms with van der Waals surface area (Å²) in [5.74, 6) is -2.28. The molecule has 0 aliphatic carbocycles. The van der Waals surface area contributed by atoms with Gasteiger partial charge in [0, 0.05) is 12.8 Å². The van der Waals surface area contributed by atoms with Crippen LogP contribution in [0.4, 0.5) is 0 Å². The van der Waals surface area contributed by atoms with Crippen molar-refractivity contribution in [2.45, 2.75) is 373 Å². The Morgan fingerprint density at radius 1 is 0.320 bits per heavy atom. The quantitative estimate of drug-likeness (QED) is 0.0195. The number of hydrogen-bond donors (Lipinski definition) is 0. The fraction of sp³-hybridized carbons (Fsp3) is 0.739. The molecule has 0 fully saturated rings. The van der Waals surface area contributed by atoms with Gasteiger partial charge < -0.3 is 33.3 Å². The highest BCUT2D eigenvalue weighted by Crippen LogP contribution is 2.19. The molecule has 0 bridgehead atoms. The summed E-state index contributed by atoms with van der Waals surface area (Å²) in [6.45, 7) is 4.65. The fourth-order valence-electron chi connectivity index (χ4n) is 11.5. The van der Waals surface area contributed by atoms with E-state index in [1.165, 1.54) is 225 Å². The second kappa shape index (κ2) is 77.4. The molecule has 0 aliphatic rings. The molecular formula is C88H153NO8. The van der Waals surface area contributed by atoms with E-state index in [0.717, 1.165) is 103 Å². The van der Waals surface area contributed by atoms with E-state index in [9.17, 15) is 19.5 Å². The van der Waals surface area contributed by atoms with Gasteiger partial charge in [-0.15, -0.1) is 0 Å². The smallest absolute Gasteiger partial charge is 0.306 e. The number of carbonyl (C=O) groups is 3. The summed E-state index contributed by atoms with van der Waals surface area (Å²) >= 11 is 0. The van der Waals surface area contributed by atoms with Gasteiger partial charge in [-0.05, 0) is 109 Å². The van der Waals surface area contributed by atoms with Crippen LogP contribution in [0.25, 0.3) is 0 Å². The fourth-order valence-corrected chi connectivity index (χ4v) is 11.5. The van der Waals surface area contributed by atoms with Crippen LogP contribution >= 0.6 is 0 Å². The average Bonchev–Trinajstić information content (AvgIpc) is 2.59. The number of carboxylic acids is 1. The average molecular weight is 1350 g/mol. The lowest BCUT2D eigenvalue weighted by Gasteiger charge is -2.26. The van der Waals surface area contributed by atoms with Gasteiger partial charge in [-0.2, -0.15) is 0 Å². The van der Waals surface area contributed by atoms with E-state index in [-0.39, 0.29) is 32.2 Å². The lowest BCUT2D eigenvalue weighted by Crippen LogP contribution is -2.44. The number of carboxylic acid groups (broad SMARTS) is 1. The van der Waals surface area contributed by atoms with Crippen LogP contribution in [0.3, 0.4) is 0 Å². The first kappa shape index (κ1) is 92.7. The molecular weight excluding hydrogens is 1200 g/mol. The van der Waals surface area contributed by atoms with Crippen LogP contribution < -0.4 is 5.11 Å². The third kappa shape index (κ3) is 78.9. The van der Waals surface area contributed by atoms with E-state index in [2.05, 4.69) is 135 Å². The van der Waals surface area contributed by atoms with Gasteiger partial charge in [0.2, 0.25) is 0 Å². The van der Waals surface area contributed by atoms with Crippen molar-refractivity contribution in [1.82, 2.24) is 0 Å². The molecule has 9 nitrogen and oxygen atoms in total. The van der Waals surface area contributed by atoms with Gasteiger partial charge in [-0.25, -0.2) is 0 Å². The number of carbonyl (C=O) groups excluding carboxylic acids is 3. The van der Waals surface area contributed by atoms with Crippen molar-refractivity contribution < 1.29 is 42.9 Å². The molecule has 97 heavy (non-hydrogen) atoms. The molecule has 558 valence electrons. The third-order valence-corrected chi connectivity index (χ3v) is 17.7. The molecule has 2 unspecified atom stereocenters. The van der Waals surface area contributed by atoms with Crippen LogP contribution in [0.1, 0.15) is 361 Å². The van der Waals surface area contributed by atoms with Gasteiger partial charge >= 0.3 is 11.9 Å². The van der Waals surface area contributed by atoms with Crippen molar-refractivity contribution in [3.8, 4) is 0 Å². The highest BCUT2D eigenvalue weighted by atomic mass is 16.7. The number of nitrogens with zero attached hydrogens (tertiary/aromatic N) is 1. The molecule has 0 N–H and O–H groups in total. The Morgan fingerprint density at radius 3 is 0.876 bits per heavy atom. The Bertz CT molecular complexity index is 2020. The number of unbranched alkanes of at least 4 members (excludes halogenated alkanes) is 40. The number of quaternary nitrogens is 1. The zero-order valence-corrected chi connectivity index (χ0v) is 63.9. The Balaban J connectivity index is 4.02. The summed E-state index contributed by atoms with van der Waals surface area (Å²) < 4.78 is 22.9. The predicted octanol–water partition coefficient (Wildman–Crippen LogP) is 24.9. The van der Waals surface area contributed by atoms with E-state index in [0.29, 0.717) is 23.9 Å². The SMILES string of the molecule is CC/C=C\C/C=C\C/C=C\C/C=C\C/C=C\C/C=C\C/C=C\CCCCCCCCCCCCCC(=O)OC(COC(=O)CCCCCCCCCCCCCCCCCCCCCCCCCC/C=C\C/C=C\C/C=C\CCCCCCC)COC(OCC[N+](C)(C)C)C(=O)[O-]. The summed E-state index contributed by atoms with van der Waals surface area (Å²) in [7, 11) is 5.94. The molecule has 0 aliphatic heterocycles. The number of aliphatic carboxylic acids is 1. The Kier molecular flexibility index (Phi) is 74.0. The van der Waals surface area contributed by atoms with Crippen LogP contribution in [0.15, 0.2) is 122 Å². The molecule has 0 rings (SSSR count). The Hall–Kier alpha value is -4.31.